The van der Waals surface area contributed by atoms with E-state index in [2.05, 4.69) is 373 Å². The first-order valence-corrected chi connectivity index (χ1v) is 50.4. The SMILES string of the molecule is c1ccc(-c2nc(-c3ccccc3)nc(-c3ccc(-n4c5ccc(-n6c7ccccc7c7ccccc76)cc5c5cc(-n6c7ccccc7c7ccccc76)ccc54)cc3)n2)cc1.c1ccc(-c2nc(-c3ccccc3)nc(-c3ccc(-n4c5ccccc5c5cc(-n6c7ccccc7c7ccccc76)ccc54)cc3)n2)cc1.c1ccc(-c2nc(-c3ccccc3)nc(-c3ccc(-n4c5ccccc5c5ccccc54)cc3)n2)cc1. The minimum Gasteiger partial charge on any atom is -0.309 e. The Morgan fingerprint density at radius 1 is 0.0933 bits per heavy atom. The van der Waals surface area contributed by atoms with Gasteiger partial charge in [-0.3, -0.25) is 0 Å². The van der Waals surface area contributed by atoms with Crippen molar-refractivity contribution in [2.75, 3.05) is 0 Å². The summed E-state index contributed by atoms with van der Waals surface area (Å²) in [6, 6.07) is 185. The average Bonchev–Trinajstić information content (AvgIpc) is 1.59. The van der Waals surface area contributed by atoms with Crippen molar-refractivity contribution in [1.82, 2.24) is 72.3 Å². The molecule has 0 saturated heterocycles. The summed E-state index contributed by atoms with van der Waals surface area (Å²) in [4.78, 5) is 44.2. The summed E-state index contributed by atoms with van der Waals surface area (Å²) in [6.07, 6.45) is 0. The molecule has 0 atom stereocenters. The Bertz CT molecular complexity index is 9880. The molecule has 0 aliphatic carbocycles. The molecule has 0 amide bonds. The van der Waals surface area contributed by atoms with E-state index >= 15 is 0 Å². The number of benzene rings is 21. The van der Waals surface area contributed by atoms with Crippen LogP contribution in [0.3, 0.4) is 0 Å². The van der Waals surface area contributed by atoms with E-state index in [4.69, 9.17) is 44.9 Å². The molecule has 0 aliphatic heterocycles. The van der Waals surface area contributed by atoms with E-state index < -0.39 is 0 Å². The van der Waals surface area contributed by atoms with Gasteiger partial charge in [-0.1, -0.05) is 346 Å². The fourth-order valence-corrected chi connectivity index (χ4v) is 21.8. The van der Waals surface area contributed by atoms with Crippen molar-refractivity contribution in [3.63, 3.8) is 0 Å². The lowest BCUT2D eigenvalue weighted by atomic mass is 10.1. The zero-order valence-electron chi connectivity index (χ0n) is 80.9. The Kier molecular flexibility index (Phi) is 21.5. The fraction of sp³-hybridized carbons (Fsp3) is 0. The van der Waals surface area contributed by atoms with Crippen LogP contribution in [0.1, 0.15) is 0 Å². The third-order valence-corrected chi connectivity index (χ3v) is 28.7. The van der Waals surface area contributed by atoms with Crippen LogP contribution < -0.4 is 0 Å². The average molecular weight is 1920 g/mol. The first-order valence-electron chi connectivity index (χ1n) is 50.4. The second kappa shape index (κ2) is 37.0. The van der Waals surface area contributed by atoms with Crippen LogP contribution in [-0.4, -0.2) is 72.3 Å². The Labute approximate surface area is 861 Å². The summed E-state index contributed by atoms with van der Waals surface area (Å²) in [6.45, 7) is 0. The van der Waals surface area contributed by atoms with E-state index in [1.54, 1.807) is 0 Å². The highest BCUT2D eigenvalue weighted by atomic mass is 15.1. The second-order valence-electron chi connectivity index (χ2n) is 37.5. The Balaban J connectivity index is 0.000000112. The van der Waals surface area contributed by atoms with E-state index in [-0.39, 0.29) is 0 Å². The van der Waals surface area contributed by atoms with Gasteiger partial charge in [0.25, 0.3) is 0 Å². The van der Waals surface area contributed by atoms with E-state index in [9.17, 15) is 0 Å². The first kappa shape index (κ1) is 87.3. The fourth-order valence-electron chi connectivity index (χ4n) is 21.8. The number of hydrogen-bond acceptors (Lipinski definition) is 9. The zero-order chi connectivity index (χ0) is 99.1. The largest absolute Gasteiger partial charge is 0.309 e. The molecule has 30 rings (SSSR count). The quantitative estimate of drug-likeness (QED) is 0.0979. The molecule has 9 heterocycles. The normalized spacial score (nSPS) is 11.6. The van der Waals surface area contributed by atoms with Crippen molar-refractivity contribution in [2.45, 2.75) is 0 Å². The lowest BCUT2D eigenvalue weighted by Crippen LogP contribution is -2.00. The highest BCUT2D eigenvalue weighted by Gasteiger charge is 2.25. The minimum atomic E-state index is 0.628. The maximum Gasteiger partial charge on any atom is 0.164 e. The van der Waals surface area contributed by atoms with Crippen LogP contribution in [0.5, 0.6) is 0 Å². The summed E-state index contributed by atoms with van der Waals surface area (Å²) in [5.74, 6) is 5.84. The van der Waals surface area contributed by atoms with E-state index in [0.29, 0.717) is 52.4 Å². The monoisotopic (exact) mass is 1920 g/mol. The van der Waals surface area contributed by atoms with Gasteiger partial charge in [-0.15, -0.1) is 0 Å². The molecule has 0 bridgehead atoms. The Hall–Kier alpha value is -20.6. The summed E-state index contributed by atoms with van der Waals surface area (Å²) >= 11 is 0. The van der Waals surface area contributed by atoms with Gasteiger partial charge in [-0.2, -0.15) is 0 Å². The molecule has 150 heavy (non-hydrogen) atoms. The van der Waals surface area contributed by atoms with Crippen LogP contribution in [0, 0.1) is 0 Å². The third kappa shape index (κ3) is 15.4. The smallest absolute Gasteiger partial charge is 0.164 e. The van der Waals surface area contributed by atoms with Gasteiger partial charge >= 0.3 is 0 Å². The first-order chi connectivity index (χ1) is 74.4. The molecule has 15 nitrogen and oxygen atoms in total. The van der Waals surface area contributed by atoms with Gasteiger partial charge in [-0.05, 0) is 182 Å². The van der Waals surface area contributed by atoms with E-state index in [0.717, 1.165) is 106 Å². The highest BCUT2D eigenvalue weighted by Crippen LogP contribution is 2.45. The molecule has 15 heteroatoms. The van der Waals surface area contributed by atoms with Gasteiger partial charge in [0.1, 0.15) is 0 Å². The van der Waals surface area contributed by atoms with Gasteiger partial charge in [0, 0.05) is 149 Å². The standard InChI is InChI=1S/C57H36N6.C45H29N5.C33H22N4/c1-3-15-37(16-4-1)55-58-56(38-17-5-2-6-18-38)60-57(59-55)39-27-29-40(30-28-39)61-53-33-31-41(62-49-23-11-7-19-43(49)44-20-8-12-24-50(44)62)35-47(53)48-36-42(32-34-54(48)61)63-51-25-13-9-21-45(51)46-22-10-14-26-52(46)63;1-3-13-30(14-4-1)43-46-44(31-15-5-2-6-16-31)48-45(47-43)32-23-25-33(26-24-32)49-41-22-12-9-19-37(41)38-29-34(27-28-42(38)49)50-39-20-10-7-17-35(39)36-18-8-11-21-40(36)50;1-3-11-23(12-4-1)31-34-32(24-13-5-2-6-14-24)36-33(35-31)25-19-21-26(22-20-25)37-29-17-9-7-15-27(29)28-16-8-10-18-30(28)37/h1-36H;1-29H;1-22H. The number of aromatic nitrogens is 15. The molecule has 0 saturated carbocycles. The highest BCUT2D eigenvalue weighted by molar-refractivity contribution is 6.17. The van der Waals surface area contributed by atoms with Crippen LogP contribution in [0.15, 0.2) is 528 Å². The molecule has 21 aromatic carbocycles. The number of para-hydroxylation sites is 9. The molecular weight excluding hydrogens is 1830 g/mol. The molecular formula is C135H87N15. The molecule has 9 aromatic heterocycles. The summed E-state index contributed by atoms with van der Waals surface area (Å²) in [7, 11) is 0. The Morgan fingerprint density at radius 2 is 0.213 bits per heavy atom. The van der Waals surface area contributed by atoms with Crippen LogP contribution >= 0.6 is 0 Å². The number of rotatable bonds is 15. The molecule has 0 N–H and O–H groups in total. The molecule has 30 aromatic rings. The summed E-state index contributed by atoms with van der Waals surface area (Å²) < 4.78 is 14.2. The van der Waals surface area contributed by atoms with Gasteiger partial charge in [-0.25, -0.2) is 44.9 Å². The van der Waals surface area contributed by atoms with Crippen LogP contribution in [-0.2, 0) is 0 Å². The minimum absolute atomic E-state index is 0.628. The van der Waals surface area contributed by atoms with Crippen molar-refractivity contribution in [3.8, 4) is 137 Å². The van der Waals surface area contributed by atoms with Gasteiger partial charge in [0.2, 0.25) is 0 Å². The molecule has 0 unspecified atom stereocenters. The van der Waals surface area contributed by atoms with Crippen molar-refractivity contribution < 1.29 is 0 Å². The maximum atomic E-state index is 5.01. The van der Waals surface area contributed by atoms with Crippen molar-refractivity contribution in [1.29, 1.82) is 0 Å². The van der Waals surface area contributed by atoms with Crippen molar-refractivity contribution >= 4 is 131 Å². The topological polar surface area (TPSA) is 146 Å². The van der Waals surface area contributed by atoms with Crippen LogP contribution in [0.2, 0.25) is 0 Å². The predicted octanol–water partition coefficient (Wildman–Crippen LogP) is 33.2. The molecule has 702 valence electrons. The van der Waals surface area contributed by atoms with E-state index in [1.165, 1.54) is 109 Å². The lowest BCUT2D eigenvalue weighted by Gasteiger charge is -2.12. The molecule has 0 radical (unpaired) electrons. The Morgan fingerprint density at radius 3 is 0.387 bits per heavy atom. The maximum absolute atomic E-state index is 5.01. The van der Waals surface area contributed by atoms with E-state index in [1.807, 2.05) is 182 Å². The van der Waals surface area contributed by atoms with Gasteiger partial charge in [0.15, 0.2) is 52.4 Å². The molecule has 0 spiro atoms. The van der Waals surface area contributed by atoms with Crippen LogP contribution in [0.25, 0.3) is 267 Å². The van der Waals surface area contributed by atoms with Gasteiger partial charge < -0.3 is 27.4 Å². The lowest BCUT2D eigenvalue weighted by molar-refractivity contribution is 1.07. The zero-order valence-corrected chi connectivity index (χ0v) is 80.9. The number of hydrogen-bond donors (Lipinski definition) is 0. The number of fused-ring (bicyclic) bond motifs is 18. The van der Waals surface area contributed by atoms with Crippen LogP contribution in [0.4, 0.5) is 0 Å². The molecule has 0 aliphatic rings. The summed E-state index contributed by atoms with van der Waals surface area (Å²) in [5, 5.41) is 14.8. The second-order valence-corrected chi connectivity index (χ2v) is 37.5. The number of nitrogens with zero attached hydrogens (tertiary/aromatic N) is 15. The van der Waals surface area contributed by atoms with Crippen molar-refractivity contribution in [2.24, 2.45) is 0 Å². The predicted molar refractivity (Wildman–Crippen MR) is 614 cm³/mol. The molecule has 0 fully saturated rings. The van der Waals surface area contributed by atoms with Crippen molar-refractivity contribution in [3.05, 3.63) is 528 Å². The summed E-state index contributed by atoms with van der Waals surface area (Å²) in [5.41, 5.74) is 29.2. The van der Waals surface area contributed by atoms with Gasteiger partial charge in [0.05, 0.1) is 66.2 Å². The third-order valence-electron chi connectivity index (χ3n) is 28.7.